The average Bonchev–Trinajstić information content (AvgIpc) is 2.71. The number of amides is 1. The molecule has 2 rings (SSSR count). The third kappa shape index (κ3) is 3.48. The highest BCUT2D eigenvalue weighted by atomic mass is 79.9. The minimum atomic E-state index is -0.230. The third-order valence-electron chi connectivity index (χ3n) is 2.38. The van der Waals surface area contributed by atoms with Crippen molar-refractivity contribution in [2.24, 2.45) is 5.10 Å². The van der Waals surface area contributed by atoms with Crippen molar-refractivity contribution in [2.45, 2.75) is 13.8 Å². The first-order chi connectivity index (χ1) is 9.08. The zero-order valence-electron chi connectivity index (χ0n) is 10.5. The first kappa shape index (κ1) is 13.9. The lowest BCUT2D eigenvalue weighted by molar-refractivity contribution is 0.0958. The first-order valence-corrected chi connectivity index (χ1v) is 7.21. The highest BCUT2D eigenvalue weighted by molar-refractivity contribution is 9.10. The number of hydrazone groups is 1. The Morgan fingerprint density at radius 1 is 1.42 bits per heavy atom. The topological polar surface area (TPSA) is 54.4 Å². The largest absolute Gasteiger partial charge is 0.283 e. The molecule has 6 heteroatoms. The molecule has 2 aromatic rings. The molecule has 1 N–H and O–H groups in total. The van der Waals surface area contributed by atoms with Crippen molar-refractivity contribution in [1.82, 2.24) is 10.4 Å². The van der Waals surface area contributed by atoms with Gasteiger partial charge in [-0.05, 0) is 19.9 Å². The van der Waals surface area contributed by atoms with Gasteiger partial charge in [0.2, 0.25) is 0 Å². The Kier molecular flexibility index (Phi) is 4.44. The minimum absolute atomic E-state index is 0.230. The number of aryl methyl sites for hydroxylation is 2. The van der Waals surface area contributed by atoms with Crippen LogP contribution in [0.2, 0.25) is 0 Å². The molecule has 0 fully saturated rings. The van der Waals surface area contributed by atoms with E-state index in [1.54, 1.807) is 6.21 Å². The van der Waals surface area contributed by atoms with E-state index in [0.717, 1.165) is 20.7 Å². The maximum Gasteiger partial charge on any atom is 0.283 e. The zero-order valence-corrected chi connectivity index (χ0v) is 12.9. The molecule has 19 heavy (non-hydrogen) atoms. The van der Waals surface area contributed by atoms with Crippen molar-refractivity contribution in [1.29, 1.82) is 0 Å². The van der Waals surface area contributed by atoms with Crippen LogP contribution in [0, 0.1) is 13.8 Å². The molecule has 0 spiro atoms. The zero-order chi connectivity index (χ0) is 13.8. The van der Waals surface area contributed by atoms with Crippen molar-refractivity contribution in [3.05, 3.63) is 49.9 Å². The second kappa shape index (κ2) is 6.08. The number of carbonyl (C=O) groups is 1. The highest BCUT2D eigenvalue weighted by Crippen LogP contribution is 2.17. The normalized spacial score (nSPS) is 10.9. The molecule has 1 amide bonds. The molecular formula is C13H12BrN3OS. The molecule has 0 atom stereocenters. The number of nitrogens with one attached hydrogen (secondary N) is 1. The fourth-order valence-corrected chi connectivity index (χ4v) is 2.73. The van der Waals surface area contributed by atoms with E-state index in [1.807, 2.05) is 38.1 Å². The predicted molar refractivity (Wildman–Crippen MR) is 80.8 cm³/mol. The number of aromatic nitrogens is 1. The standard InChI is InChI=1S/C13H12BrN3OS/c1-8-12(19-9(2)16-8)13(18)17-15-7-10-5-3-4-6-11(10)14/h3-7H,1-2H3,(H,17,18)/b15-7+. The van der Waals surface area contributed by atoms with Crippen LogP contribution in [0.4, 0.5) is 0 Å². The van der Waals surface area contributed by atoms with Gasteiger partial charge in [0.15, 0.2) is 0 Å². The molecule has 0 saturated carbocycles. The number of benzene rings is 1. The van der Waals surface area contributed by atoms with E-state index < -0.39 is 0 Å². The number of hydrogen-bond donors (Lipinski definition) is 1. The number of rotatable bonds is 3. The van der Waals surface area contributed by atoms with Crippen LogP contribution in [0.25, 0.3) is 0 Å². The number of nitrogens with zero attached hydrogens (tertiary/aromatic N) is 2. The smallest absolute Gasteiger partial charge is 0.266 e. The SMILES string of the molecule is Cc1nc(C)c(C(=O)N/N=C/c2ccccc2Br)s1. The Labute approximate surface area is 123 Å². The molecular weight excluding hydrogens is 326 g/mol. The van der Waals surface area contributed by atoms with E-state index in [2.05, 4.69) is 31.4 Å². The maximum atomic E-state index is 11.9. The van der Waals surface area contributed by atoms with Gasteiger partial charge in [0.05, 0.1) is 16.9 Å². The van der Waals surface area contributed by atoms with E-state index in [0.29, 0.717) is 4.88 Å². The second-order valence-corrected chi connectivity index (χ2v) is 5.93. The molecule has 1 aromatic carbocycles. The summed E-state index contributed by atoms with van der Waals surface area (Å²) in [5, 5.41) is 4.83. The van der Waals surface area contributed by atoms with Crippen LogP contribution in [-0.2, 0) is 0 Å². The van der Waals surface area contributed by atoms with Crippen LogP contribution >= 0.6 is 27.3 Å². The van der Waals surface area contributed by atoms with Crippen LogP contribution in [0.5, 0.6) is 0 Å². The first-order valence-electron chi connectivity index (χ1n) is 5.60. The number of thiazole rings is 1. The Hall–Kier alpha value is -1.53. The molecule has 1 aromatic heterocycles. The van der Waals surface area contributed by atoms with Crippen molar-refractivity contribution < 1.29 is 4.79 Å². The van der Waals surface area contributed by atoms with Gasteiger partial charge in [0, 0.05) is 10.0 Å². The molecule has 1 heterocycles. The molecule has 0 unspecified atom stereocenters. The number of carbonyl (C=O) groups excluding carboxylic acids is 1. The lowest BCUT2D eigenvalue weighted by Crippen LogP contribution is -2.17. The molecule has 4 nitrogen and oxygen atoms in total. The lowest BCUT2D eigenvalue weighted by Gasteiger charge is -1.98. The van der Waals surface area contributed by atoms with Gasteiger partial charge in [-0.2, -0.15) is 5.10 Å². The fourth-order valence-electron chi connectivity index (χ4n) is 1.53. The van der Waals surface area contributed by atoms with E-state index >= 15 is 0 Å². The van der Waals surface area contributed by atoms with Gasteiger partial charge >= 0.3 is 0 Å². The number of halogens is 1. The van der Waals surface area contributed by atoms with Crippen molar-refractivity contribution in [3.63, 3.8) is 0 Å². The minimum Gasteiger partial charge on any atom is -0.266 e. The Morgan fingerprint density at radius 2 is 2.16 bits per heavy atom. The summed E-state index contributed by atoms with van der Waals surface area (Å²) in [6, 6.07) is 7.65. The summed E-state index contributed by atoms with van der Waals surface area (Å²) in [5.41, 5.74) is 4.14. The van der Waals surface area contributed by atoms with Crippen LogP contribution < -0.4 is 5.43 Å². The average molecular weight is 338 g/mol. The fraction of sp³-hybridized carbons (Fsp3) is 0.154. The van der Waals surface area contributed by atoms with Gasteiger partial charge in [-0.1, -0.05) is 34.1 Å². The van der Waals surface area contributed by atoms with E-state index in [-0.39, 0.29) is 5.91 Å². The molecule has 0 aliphatic heterocycles. The lowest BCUT2D eigenvalue weighted by atomic mass is 10.2. The summed E-state index contributed by atoms with van der Waals surface area (Å²) in [7, 11) is 0. The summed E-state index contributed by atoms with van der Waals surface area (Å²) in [6.07, 6.45) is 1.60. The monoisotopic (exact) mass is 337 g/mol. The third-order valence-corrected chi connectivity index (χ3v) is 4.18. The van der Waals surface area contributed by atoms with E-state index in [4.69, 9.17) is 0 Å². The molecule has 98 valence electrons. The number of hydrogen-bond acceptors (Lipinski definition) is 4. The summed E-state index contributed by atoms with van der Waals surface area (Å²) in [5.74, 6) is -0.230. The van der Waals surface area contributed by atoms with Crippen molar-refractivity contribution in [2.75, 3.05) is 0 Å². The van der Waals surface area contributed by atoms with Gasteiger partial charge in [0.25, 0.3) is 5.91 Å². The van der Waals surface area contributed by atoms with Gasteiger partial charge in [0.1, 0.15) is 4.88 Å². The van der Waals surface area contributed by atoms with Gasteiger partial charge in [-0.25, -0.2) is 10.4 Å². The van der Waals surface area contributed by atoms with Crippen LogP contribution in [0.1, 0.15) is 25.9 Å². The summed E-state index contributed by atoms with van der Waals surface area (Å²) in [6.45, 7) is 3.69. The van der Waals surface area contributed by atoms with Gasteiger partial charge in [-0.15, -0.1) is 11.3 Å². The van der Waals surface area contributed by atoms with Crippen molar-refractivity contribution in [3.8, 4) is 0 Å². The molecule has 0 aliphatic rings. The van der Waals surface area contributed by atoms with Crippen LogP contribution in [0.15, 0.2) is 33.8 Å². The predicted octanol–water partition coefficient (Wildman–Crippen LogP) is 3.29. The highest BCUT2D eigenvalue weighted by Gasteiger charge is 2.12. The molecule has 0 saturated heterocycles. The van der Waals surface area contributed by atoms with Crippen LogP contribution in [-0.4, -0.2) is 17.1 Å². The van der Waals surface area contributed by atoms with Gasteiger partial charge in [-0.3, -0.25) is 4.79 Å². The van der Waals surface area contributed by atoms with E-state index in [9.17, 15) is 4.79 Å². The Bertz CT molecular complexity index is 637. The van der Waals surface area contributed by atoms with Crippen molar-refractivity contribution >= 4 is 39.4 Å². The van der Waals surface area contributed by atoms with Crippen LogP contribution in [0.3, 0.4) is 0 Å². The molecule has 0 radical (unpaired) electrons. The quantitative estimate of drug-likeness (QED) is 0.690. The molecule has 0 aliphatic carbocycles. The van der Waals surface area contributed by atoms with Gasteiger partial charge < -0.3 is 0 Å². The summed E-state index contributed by atoms with van der Waals surface area (Å²) < 4.78 is 0.929. The summed E-state index contributed by atoms with van der Waals surface area (Å²) in [4.78, 5) is 16.7. The Morgan fingerprint density at radius 3 is 2.79 bits per heavy atom. The second-order valence-electron chi connectivity index (χ2n) is 3.87. The summed E-state index contributed by atoms with van der Waals surface area (Å²) >= 11 is 4.78. The Balaban J connectivity index is 2.05. The van der Waals surface area contributed by atoms with E-state index in [1.165, 1.54) is 11.3 Å². The molecule has 0 bridgehead atoms. The maximum absolute atomic E-state index is 11.9.